The molecule has 5 heteroatoms. The fourth-order valence-electron chi connectivity index (χ4n) is 1.41. The van der Waals surface area contributed by atoms with E-state index >= 15 is 0 Å². The summed E-state index contributed by atoms with van der Waals surface area (Å²) in [6, 6.07) is 1.41. The van der Waals surface area contributed by atoms with Crippen LogP contribution in [0.15, 0.2) is 0 Å². The van der Waals surface area contributed by atoms with Gasteiger partial charge in [0, 0.05) is 12.8 Å². The van der Waals surface area contributed by atoms with Crippen molar-refractivity contribution < 1.29 is 20.1 Å². The van der Waals surface area contributed by atoms with Gasteiger partial charge in [0.2, 0.25) is 0 Å². The highest BCUT2D eigenvalue weighted by molar-refractivity contribution is 5.66. The van der Waals surface area contributed by atoms with Gasteiger partial charge in [0.1, 0.15) is 6.07 Å². The Labute approximate surface area is 95.3 Å². The van der Waals surface area contributed by atoms with Crippen LogP contribution in [-0.2, 0) is 4.79 Å². The maximum Gasteiger partial charge on any atom is 0.303 e. The molecule has 3 N–H and O–H groups in total. The van der Waals surface area contributed by atoms with Crippen molar-refractivity contribution in [2.24, 2.45) is 0 Å². The van der Waals surface area contributed by atoms with E-state index in [9.17, 15) is 4.79 Å². The van der Waals surface area contributed by atoms with Crippen LogP contribution in [-0.4, -0.2) is 27.1 Å². The third-order valence-electron chi connectivity index (χ3n) is 2.35. The molecule has 0 aliphatic carbocycles. The molecule has 0 aromatic heterocycles. The van der Waals surface area contributed by atoms with Crippen molar-refractivity contribution >= 4 is 5.97 Å². The second kappa shape index (κ2) is 8.08. The minimum atomic E-state index is -2.19. The number of unbranched alkanes of at least 4 members (excludes halogenated alkanes) is 5. The van der Waals surface area contributed by atoms with Crippen LogP contribution in [0, 0.1) is 11.3 Å². The molecule has 0 aromatic carbocycles. The lowest BCUT2D eigenvalue weighted by molar-refractivity contribution is -0.137. The van der Waals surface area contributed by atoms with Gasteiger partial charge in [-0.1, -0.05) is 25.7 Å². The van der Waals surface area contributed by atoms with Crippen molar-refractivity contribution in [2.75, 3.05) is 0 Å². The van der Waals surface area contributed by atoms with Crippen LogP contribution in [0.4, 0.5) is 0 Å². The number of hydrogen-bond donors (Lipinski definition) is 3. The number of rotatable bonds is 9. The fraction of sp³-hybridized carbons (Fsp3) is 0.818. The van der Waals surface area contributed by atoms with Gasteiger partial charge < -0.3 is 15.3 Å². The smallest absolute Gasteiger partial charge is 0.303 e. The third kappa shape index (κ3) is 9.44. The quantitative estimate of drug-likeness (QED) is 0.315. The average Bonchev–Trinajstić information content (AvgIpc) is 2.21. The average molecular weight is 229 g/mol. The molecular formula is C11H19NO4. The summed E-state index contributed by atoms with van der Waals surface area (Å²) in [6.45, 7) is 0. The molecule has 0 radical (unpaired) electrons. The molecule has 0 bridgehead atoms. The highest BCUT2D eigenvalue weighted by Crippen LogP contribution is 2.13. The lowest BCUT2D eigenvalue weighted by atomic mass is 10.1. The van der Waals surface area contributed by atoms with Crippen molar-refractivity contribution in [2.45, 2.75) is 57.2 Å². The molecule has 0 spiro atoms. The lowest BCUT2D eigenvalue weighted by Crippen LogP contribution is -2.24. The van der Waals surface area contributed by atoms with Crippen LogP contribution in [0.25, 0.3) is 0 Å². The second-order valence-corrected chi connectivity index (χ2v) is 3.94. The van der Waals surface area contributed by atoms with Crippen molar-refractivity contribution in [3.05, 3.63) is 0 Å². The van der Waals surface area contributed by atoms with Gasteiger partial charge in [-0.2, -0.15) is 5.26 Å². The number of nitrogens with zero attached hydrogens (tertiary/aromatic N) is 1. The number of hydrogen-bond acceptors (Lipinski definition) is 4. The minimum Gasteiger partial charge on any atom is -0.481 e. The zero-order valence-corrected chi connectivity index (χ0v) is 9.35. The summed E-state index contributed by atoms with van der Waals surface area (Å²) < 4.78 is 0. The molecule has 0 aliphatic rings. The molecule has 5 nitrogen and oxygen atoms in total. The van der Waals surface area contributed by atoms with Crippen molar-refractivity contribution in [3.8, 4) is 6.07 Å². The molecule has 0 unspecified atom stereocenters. The van der Waals surface area contributed by atoms with E-state index in [0.29, 0.717) is 12.8 Å². The topological polar surface area (TPSA) is 102 Å². The predicted molar refractivity (Wildman–Crippen MR) is 57.4 cm³/mol. The Morgan fingerprint density at radius 3 is 2.06 bits per heavy atom. The first-order chi connectivity index (χ1) is 7.48. The van der Waals surface area contributed by atoms with E-state index in [1.165, 1.54) is 6.07 Å². The minimum absolute atomic E-state index is 0.0681. The summed E-state index contributed by atoms with van der Waals surface area (Å²) in [5.41, 5.74) is 0. The Balaban J connectivity index is 3.23. The summed E-state index contributed by atoms with van der Waals surface area (Å²) in [5.74, 6) is -2.96. The first-order valence-corrected chi connectivity index (χ1v) is 5.56. The number of carbonyl (C=O) groups is 1. The Hall–Kier alpha value is -1.12. The van der Waals surface area contributed by atoms with E-state index in [0.717, 1.165) is 25.7 Å². The highest BCUT2D eigenvalue weighted by Gasteiger charge is 2.20. The molecule has 0 atom stereocenters. The van der Waals surface area contributed by atoms with Gasteiger partial charge in [0.05, 0.1) is 0 Å². The van der Waals surface area contributed by atoms with E-state index in [1.54, 1.807) is 0 Å². The first-order valence-electron chi connectivity index (χ1n) is 5.56. The monoisotopic (exact) mass is 229 g/mol. The van der Waals surface area contributed by atoms with Crippen LogP contribution < -0.4 is 0 Å². The van der Waals surface area contributed by atoms with Crippen LogP contribution >= 0.6 is 0 Å². The number of aliphatic carboxylic acids is 1. The molecule has 0 heterocycles. The standard InChI is InChI=1S/C11H19NO4/c12-9-11(15,16)8-6-4-2-1-3-5-7-10(13)14/h15-16H,1-8H2,(H,13,14). The molecule has 0 aromatic rings. The molecule has 0 aliphatic heterocycles. The molecule has 0 saturated heterocycles. The van der Waals surface area contributed by atoms with Gasteiger partial charge in [-0.05, 0) is 12.8 Å². The molecule has 16 heavy (non-hydrogen) atoms. The number of aliphatic hydroxyl groups is 2. The fourth-order valence-corrected chi connectivity index (χ4v) is 1.41. The zero-order valence-electron chi connectivity index (χ0n) is 9.35. The summed E-state index contributed by atoms with van der Waals surface area (Å²) in [7, 11) is 0. The zero-order chi connectivity index (χ0) is 12.4. The first kappa shape index (κ1) is 14.9. The number of nitriles is 1. The van der Waals surface area contributed by atoms with Gasteiger partial charge in [-0.15, -0.1) is 0 Å². The van der Waals surface area contributed by atoms with E-state index < -0.39 is 11.8 Å². The van der Waals surface area contributed by atoms with E-state index in [4.69, 9.17) is 20.6 Å². The van der Waals surface area contributed by atoms with Gasteiger partial charge in [-0.3, -0.25) is 4.79 Å². The SMILES string of the molecule is N#CC(O)(O)CCCCCCCCC(=O)O. The van der Waals surface area contributed by atoms with Gasteiger partial charge in [0.15, 0.2) is 0 Å². The number of carboxylic acids is 1. The third-order valence-corrected chi connectivity index (χ3v) is 2.35. The lowest BCUT2D eigenvalue weighted by Gasteiger charge is -2.11. The molecular weight excluding hydrogens is 210 g/mol. The molecule has 0 saturated carbocycles. The molecule has 0 rings (SSSR count). The molecule has 0 fully saturated rings. The van der Waals surface area contributed by atoms with Gasteiger partial charge in [-0.25, -0.2) is 0 Å². The van der Waals surface area contributed by atoms with E-state index in [2.05, 4.69) is 0 Å². The Morgan fingerprint density at radius 2 is 1.56 bits per heavy atom. The Morgan fingerprint density at radius 1 is 1.06 bits per heavy atom. The summed E-state index contributed by atoms with van der Waals surface area (Å²) in [5, 5.41) is 34.6. The Kier molecular flexibility index (Phi) is 7.52. The highest BCUT2D eigenvalue weighted by atomic mass is 16.5. The molecule has 92 valence electrons. The van der Waals surface area contributed by atoms with E-state index in [1.807, 2.05) is 0 Å². The summed E-state index contributed by atoms with van der Waals surface area (Å²) >= 11 is 0. The second-order valence-electron chi connectivity index (χ2n) is 3.94. The maximum absolute atomic E-state index is 10.2. The maximum atomic E-state index is 10.2. The number of carboxylic acid groups (broad SMARTS) is 1. The van der Waals surface area contributed by atoms with Crippen molar-refractivity contribution in [1.82, 2.24) is 0 Å². The van der Waals surface area contributed by atoms with Gasteiger partial charge in [0.25, 0.3) is 5.79 Å². The summed E-state index contributed by atoms with van der Waals surface area (Å²) in [6.07, 6.45) is 5.16. The van der Waals surface area contributed by atoms with E-state index in [-0.39, 0.29) is 12.8 Å². The Bertz CT molecular complexity index is 245. The predicted octanol–water partition coefficient (Wildman–Crippen LogP) is 1.40. The molecule has 0 amide bonds. The van der Waals surface area contributed by atoms with Crippen LogP contribution in [0.3, 0.4) is 0 Å². The normalized spacial score (nSPS) is 11.1. The van der Waals surface area contributed by atoms with Crippen LogP contribution in [0.2, 0.25) is 0 Å². The largest absolute Gasteiger partial charge is 0.481 e. The van der Waals surface area contributed by atoms with Gasteiger partial charge >= 0.3 is 5.97 Å². The summed E-state index contributed by atoms with van der Waals surface area (Å²) in [4.78, 5) is 10.2. The van der Waals surface area contributed by atoms with Crippen LogP contribution in [0.5, 0.6) is 0 Å². The van der Waals surface area contributed by atoms with Crippen molar-refractivity contribution in [3.63, 3.8) is 0 Å². The van der Waals surface area contributed by atoms with Crippen molar-refractivity contribution in [1.29, 1.82) is 5.26 Å². The van der Waals surface area contributed by atoms with Crippen LogP contribution in [0.1, 0.15) is 51.4 Å².